The molecule has 0 aliphatic carbocycles. The second kappa shape index (κ2) is 10.3. The molecule has 0 saturated heterocycles. The number of benzene rings is 2. The number of halogens is 1. The van der Waals surface area contributed by atoms with Crippen LogP contribution < -0.4 is 0 Å². The van der Waals surface area contributed by atoms with Gasteiger partial charge in [-0.1, -0.05) is 115 Å². The van der Waals surface area contributed by atoms with Crippen molar-refractivity contribution in [3.8, 4) is 0 Å². The van der Waals surface area contributed by atoms with Crippen LogP contribution in [-0.2, 0) is 10.0 Å². The van der Waals surface area contributed by atoms with E-state index in [4.69, 9.17) is 4.43 Å². The van der Waals surface area contributed by atoms with Crippen molar-refractivity contribution in [3.63, 3.8) is 0 Å². The summed E-state index contributed by atoms with van der Waals surface area (Å²) in [6, 6.07) is 16.2. The van der Waals surface area contributed by atoms with Gasteiger partial charge in [-0.15, -0.1) is 0 Å². The molecule has 0 aromatic heterocycles. The van der Waals surface area contributed by atoms with Crippen molar-refractivity contribution in [2.75, 3.05) is 0 Å². The Balaban J connectivity index is 2.69. The lowest BCUT2D eigenvalue weighted by Crippen LogP contribution is -2.85. The second-order valence-electron chi connectivity index (χ2n) is 13.3. The van der Waals surface area contributed by atoms with Crippen LogP contribution in [0.3, 0.4) is 0 Å². The van der Waals surface area contributed by atoms with E-state index in [0.29, 0.717) is 6.42 Å². The predicted octanol–water partition coefficient (Wildman–Crippen LogP) is 7.69. The molecular formula is C27H47FO2Si4. The zero-order chi connectivity index (χ0) is 26.2. The molecule has 2 nitrogen and oxygen atoms in total. The topological polar surface area (TPSA) is 29.5 Å². The van der Waals surface area contributed by atoms with Crippen molar-refractivity contribution in [2.45, 2.75) is 90.9 Å². The smallest absolute Gasteiger partial charge is 0.158 e. The number of rotatable bonds is 10. The summed E-state index contributed by atoms with van der Waals surface area (Å²) in [6.45, 7) is 25.1. The molecule has 2 aromatic rings. The molecule has 0 unspecified atom stereocenters. The Kier molecular flexibility index (Phi) is 8.87. The fraction of sp³-hybridized carbons (Fsp3) is 0.556. The maximum atomic E-state index is 13.8. The summed E-state index contributed by atoms with van der Waals surface area (Å²) >= 11 is 0. The third-order valence-corrected chi connectivity index (χ3v) is 74.9. The summed E-state index contributed by atoms with van der Waals surface area (Å²) in [5.74, 6) is -0.0370. The van der Waals surface area contributed by atoms with Crippen LogP contribution in [0.2, 0.25) is 58.9 Å². The highest BCUT2D eigenvalue weighted by Crippen LogP contribution is 2.43. The molecule has 2 rings (SSSR count). The van der Waals surface area contributed by atoms with Gasteiger partial charge in [-0.05, 0) is 29.2 Å². The van der Waals surface area contributed by atoms with Gasteiger partial charge in [-0.25, -0.2) is 4.39 Å². The summed E-state index contributed by atoms with van der Waals surface area (Å²) in [5, 5.41) is 12.3. The van der Waals surface area contributed by atoms with E-state index >= 15 is 0 Å². The monoisotopic (exact) mass is 534 g/mol. The van der Waals surface area contributed by atoms with E-state index in [1.54, 1.807) is 12.1 Å². The normalized spacial score (nSPS) is 16.4. The summed E-state index contributed by atoms with van der Waals surface area (Å²) in [7, 11) is -4.95. The van der Waals surface area contributed by atoms with Gasteiger partial charge >= 0.3 is 0 Å². The molecule has 2 aromatic carbocycles. The maximum absolute atomic E-state index is 13.8. The standard InChI is InChI=1S/C27H47FO2Si4/c1-22(2)26(30-34(31(3,4)5,32(6,7)8)33(9,10)11)21-27(29,23-15-13-12-14-16-23)24-17-19-25(28)20-18-24/h12-20,22,26,29H,21H2,1-11H3/t26-,27+/m1/s1. The molecule has 1 N–H and O–H groups in total. The zero-order valence-corrected chi connectivity index (χ0v) is 27.3. The van der Waals surface area contributed by atoms with E-state index < -0.39 is 35.2 Å². The number of hydrogen-bond acceptors (Lipinski definition) is 2. The van der Waals surface area contributed by atoms with Crippen LogP contribution in [0.5, 0.6) is 0 Å². The van der Waals surface area contributed by atoms with Gasteiger partial charge in [0.15, 0.2) is 6.87 Å². The molecule has 0 saturated carbocycles. The Morgan fingerprint density at radius 1 is 0.735 bits per heavy atom. The summed E-state index contributed by atoms with van der Waals surface area (Å²) in [5.41, 5.74) is 0.301. The summed E-state index contributed by atoms with van der Waals surface area (Å²) in [6.07, 6.45) is 0.390. The van der Waals surface area contributed by atoms with Crippen LogP contribution >= 0.6 is 0 Å². The largest absolute Gasteiger partial charge is 0.423 e. The van der Waals surface area contributed by atoms with Crippen molar-refractivity contribution in [2.24, 2.45) is 5.92 Å². The van der Waals surface area contributed by atoms with Crippen LogP contribution in [0.1, 0.15) is 31.4 Å². The number of hydrogen-bond donors (Lipinski definition) is 1. The van der Waals surface area contributed by atoms with E-state index in [1.807, 2.05) is 30.3 Å². The molecule has 0 amide bonds. The average Bonchev–Trinajstić information content (AvgIpc) is 2.68. The van der Waals surface area contributed by atoms with Crippen molar-refractivity contribution in [3.05, 3.63) is 71.5 Å². The molecule has 0 spiro atoms. The van der Waals surface area contributed by atoms with Gasteiger partial charge in [0, 0.05) is 12.5 Å². The van der Waals surface area contributed by atoms with E-state index in [9.17, 15) is 9.50 Å². The summed E-state index contributed by atoms with van der Waals surface area (Å²) < 4.78 is 21.4. The first-order valence-electron chi connectivity index (χ1n) is 12.6. The van der Waals surface area contributed by atoms with Crippen LogP contribution in [0.15, 0.2) is 54.6 Å². The van der Waals surface area contributed by atoms with Gasteiger partial charge in [0.1, 0.15) is 11.4 Å². The maximum Gasteiger partial charge on any atom is 0.158 e. The first kappa shape index (κ1) is 29.4. The van der Waals surface area contributed by atoms with E-state index in [-0.39, 0.29) is 17.8 Å². The van der Waals surface area contributed by atoms with E-state index in [2.05, 4.69) is 72.8 Å². The van der Waals surface area contributed by atoms with Crippen LogP contribution in [0, 0.1) is 11.7 Å². The fourth-order valence-corrected chi connectivity index (χ4v) is 101. The lowest BCUT2D eigenvalue weighted by molar-refractivity contribution is 0.0112. The quantitative estimate of drug-likeness (QED) is 0.317. The Labute approximate surface area is 211 Å². The zero-order valence-electron chi connectivity index (χ0n) is 23.3. The van der Waals surface area contributed by atoms with Gasteiger partial charge in [-0.3, -0.25) is 0 Å². The molecule has 0 aliphatic heterocycles. The lowest BCUT2D eigenvalue weighted by atomic mass is 9.80. The molecule has 190 valence electrons. The third kappa shape index (κ3) is 5.76. The van der Waals surface area contributed by atoms with Crippen molar-refractivity contribution in [1.82, 2.24) is 0 Å². The SMILES string of the molecule is CC(C)[C@@H](C[C@](O)(c1ccccc1)c1ccc(F)cc1)O[Si]([Si](C)(C)C)([Si](C)(C)C)[Si](C)(C)C. The molecule has 0 fully saturated rings. The molecule has 0 heterocycles. The van der Waals surface area contributed by atoms with Gasteiger partial charge < -0.3 is 9.53 Å². The van der Waals surface area contributed by atoms with Crippen molar-refractivity contribution >= 4 is 29.6 Å². The minimum absolute atomic E-state index is 0.0768. The van der Waals surface area contributed by atoms with Crippen LogP contribution in [-0.4, -0.2) is 40.9 Å². The highest BCUT2D eigenvalue weighted by atomic mass is 29.9. The Hall–Kier alpha value is -0.842. The molecule has 0 bridgehead atoms. The van der Waals surface area contributed by atoms with Crippen molar-refractivity contribution in [1.29, 1.82) is 0 Å². The number of aliphatic hydroxyl groups is 1. The van der Waals surface area contributed by atoms with E-state index in [0.717, 1.165) is 11.1 Å². The van der Waals surface area contributed by atoms with Crippen molar-refractivity contribution < 1.29 is 13.9 Å². The molecule has 0 aliphatic rings. The first-order valence-corrected chi connectivity index (χ1v) is 28.0. The molecule has 7 heteroatoms. The van der Waals surface area contributed by atoms with Gasteiger partial charge in [0.25, 0.3) is 0 Å². The van der Waals surface area contributed by atoms with E-state index in [1.165, 1.54) is 12.1 Å². The van der Waals surface area contributed by atoms with Gasteiger partial charge in [0.05, 0.1) is 22.8 Å². The molecule has 34 heavy (non-hydrogen) atoms. The highest BCUT2D eigenvalue weighted by molar-refractivity contribution is 7.87. The van der Waals surface area contributed by atoms with Crippen LogP contribution in [0.25, 0.3) is 0 Å². The van der Waals surface area contributed by atoms with Crippen LogP contribution in [0.4, 0.5) is 4.39 Å². The lowest BCUT2D eigenvalue weighted by Gasteiger charge is -2.58. The molecule has 2 atom stereocenters. The Bertz CT molecular complexity index is 892. The molecule has 0 radical (unpaired) electrons. The molecular weight excluding hydrogens is 488 g/mol. The predicted molar refractivity (Wildman–Crippen MR) is 156 cm³/mol. The minimum Gasteiger partial charge on any atom is -0.423 e. The van der Waals surface area contributed by atoms with Gasteiger partial charge in [-0.2, -0.15) is 0 Å². The average molecular weight is 535 g/mol. The third-order valence-electron chi connectivity index (χ3n) is 7.31. The highest BCUT2D eigenvalue weighted by Gasteiger charge is 2.64. The Morgan fingerprint density at radius 3 is 1.53 bits per heavy atom. The summed E-state index contributed by atoms with van der Waals surface area (Å²) in [4.78, 5) is 0. The second-order valence-corrected chi connectivity index (χ2v) is 52.7. The fourth-order valence-electron chi connectivity index (χ4n) is 6.68. The first-order chi connectivity index (χ1) is 15.4. The minimum atomic E-state index is -2.09. The Morgan fingerprint density at radius 2 is 1.15 bits per heavy atom. The van der Waals surface area contributed by atoms with Gasteiger partial charge in [0.2, 0.25) is 0 Å².